The summed E-state index contributed by atoms with van der Waals surface area (Å²) in [5.41, 5.74) is 1.44. The molecule has 1 heterocycles. The van der Waals surface area contributed by atoms with E-state index < -0.39 is 16.6 Å². The predicted molar refractivity (Wildman–Crippen MR) is 97.8 cm³/mol. The fraction of sp³-hybridized carbons (Fsp3) is 0.632. The Labute approximate surface area is 156 Å². The summed E-state index contributed by atoms with van der Waals surface area (Å²) in [4.78, 5) is 13.9. The molecule has 1 saturated heterocycles. The van der Waals surface area contributed by atoms with Crippen molar-refractivity contribution in [1.29, 1.82) is 0 Å². The van der Waals surface area contributed by atoms with Gasteiger partial charge in [0.15, 0.2) is 11.6 Å². The number of halogens is 2. The molecule has 2 fully saturated rings. The van der Waals surface area contributed by atoms with Crippen LogP contribution in [-0.4, -0.2) is 43.7 Å². The topological polar surface area (TPSA) is 38.8 Å². The van der Waals surface area contributed by atoms with Crippen LogP contribution in [0.1, 0.15) is 54.5 Å². The number of carbonyl (C=O) groups is 1. The van der Waals surface area contributed by atoms with Crippen LogP contribution in [0.15, 0.2) is 12.1 Å². The summed E-state index contributed by atoms with van der Waals surface area (Å²) in [5.74, 6) is -0.431. The van der Waals surface area contributed by atoms with Crippen LogP contribution in [0.2, 0.25) is 0 Å². The first-order valence-electron chi connectivity index (χ1n) is 8.97. The Hall–Kier alpha value is -1.14. The summed E-state index contributed by atoms with van der Waals surface area (Å²) >= 11 is 3.34. The lowest BCUT2D eigenvalue weighted by atomic mass is 9.87. The van der Waals surface area contributed by atoms with Crippen LogP contribution < -0.4 is 4.74 Å². The number of nitrogens with zero attached hydrogens (tertiary/aromatic N) is 1. The van der Waals surface area contributed by atoms with Crippen molar-refractivity contribution in [3.63, 3.8) is 0 Å². The number of esters is 1. The minimum absolute atomic E-state index is 0.106. The Balaban J connectivity index is 1.81. The average Bonchev–Trinajstić information content (AvgIpc) is 3.46. The molecule has 1 atom stereocenters. The van der Waals surface area contributed by atoms with Gasteiger partial charge in [0.2, 0.25) is 0 Å². The van der Waals surface area contributed by atoms with Crippen LogP contribution in [0.5, 0.6) is 5.75 Å². The normalized spacial score (nSPS) is 20.3. The van der Waals surface area contributed by atoms with E-state index in [2.05, 4.69) is 20.8 Å². The Morgan fingerprint density at radius 3 is 2.56 bits per heavy atom. The van der Waals surface area contributed by atoms with E-state index in [1.807, 2.05) is 6.07 Å². The van der Waals surface area contributed by atoms with E-state index in [0.717, 1.165) is 37.5 Å². The number of rotatable bonds is 6. The van der Waals surface area contributed by atoms with Crippen molar-refractivity contribution in [1.82, 2.24) is 4.90 Å². The molecule has 6 heteroatoms. The lowest BCUT2D eigenvalue weighted by Crippen LogP contribution is -2.34. The molecule has 1 saturated carbocycles. The number of benzene rings is 1. The second-order valence-corrected chi connectivity index (χ2v) is 7.70. The Morgan fingerprint density at radius 2 is 2.00 bits per heavy atom. The number of ether oxygens (including phenoxy) is 2. The number of methoxy groups -OCH3 is 1. The SMILES string of the molecule is CCOC(=O)C(Br)c1cc(C2CCN(C3CC3)CC2)cc(F)c1OC. The molecule has 0 radical (unpaired) electrons. The molecule has 1 aliphatic carbocycles. The monoisotopic (exact) mass is 413 g/mol. The molecule has 2 aliphatic rings. The summed E-state index contributed by atoms with van der Waals surface area (Å²) in [5, 5.41) is 0. The van der Waals surface area contributed by atoms with Crippen LogP contribution in [0.25, 0.3) is 0 Å². The molecule has 1 aromatic rings. The Morgan fingerprint density at radius 1 is 1.32 bits per heavy atom. The van der Waals surface area contributed by atoms with Gasteiger partial charge in [-0.3, -0.25) is 4.79 Å². The first-order valence-corrected chi connectivity index (χ1v) is 9.88. The lowest BCUT2D eigenvalue weighted by Gasteiger charge is -2.32. The number of likely N-dealkylation sites (tertiary alicyclic amines) is 1. The molecule has 0 spiro atoms. The van der Waals surface area contributed by atoms with Gasteiger partial charge in [-0.05, 0) is 69.3 Å². The van der Waals surface area contributed by atoms with E-state index >= 15 is 0 Å². The highest BCUT2D eigenvalue weighted by Crippen LogP contribution is 2.40. The zero-order valence-electron chi connectivity index (χ0n) is 14.8. The molecular weight excluding hydrogens is 389 g/mol. The van der Waals surface area contributed by atoms with E-state index in [4.69, 9.17) is 9.47 Å². The van der Waals surface area contributed by atoms with Crippen LogP contribution in [-0.2, 0) is 9.53 Å². The lowest BCUT2D eigenvalue weighted by molar-refractivity contribution is -0.142. The van der Waals surface area contributed by atoms with Gasteiger partial charge in [0.1, 0.15) is 4.83 Å². The first-order chi connectivity index (χ1) is 12.0. The Bertz CT molecular complexity index is 627. The summed E-state index contributed by atoms with van der Waals surface area (Å²) in [7, 11) is 1.42. The highest BCUT2D eigenvalue weighted by atomic mass is 79.9. The van der Waals surface area contributed by atoms with E-state index in [-0.39, 0.29) is 12.4 Å². The van der Waals surface area contributed by atoms with E-state index in [0.29, 0.717) is 11.5 Å². The van der Waals surface area contributed by atoms with Crippen molar-refractivity contribution in [2.45, 2.75) is 49.4 Å². The fourth-order valence-electron chi connectivity index (χ4n) is 3.66. The maximum Gasteiger partial charge on any atom is 0.324 e. The van der Waals surface area contributed by atoms with Crippen LogP contribution in [0, 0.1) is 5.82 Å². The van der Waals surface area contributed by atoms with Crippen molar-refractivity contribution in [2.75, 3.05) is 26.8 Å². The fourth-order valence-corrected chi connectivity index (χ4v) is 4.13. The van der Waals surface area contributed by atoms with Crippen molar-refractivity contribution < 1.29 is 18.7 Å². The van der Waals surface area contributed by atoms with Crippen LogP contribution in [0.3, 0.4) is 0 Å². The van der Waals surface area contributed by atoms with E-state index in [9.17, 15) is 9.18 Å². The number of hydrogen-bond donors (Lipinski definition) is 0. The van der Waals surface area contributed by atoms with Gasteiger partial charge in [-0.15, -0.1) is 0 Å². The van der Waals surface area contributed by atoms with E-state index in [1.54, 1.807) is 13.0 Å². The highest BCUT2D eigenvalue weighted by Gasteiger charge is 2.33. The standard InChI is InChI=1S/C19H25BrFNO3/c1-3-25-19(23)17(20)15-10-13(11-16(21)18(15)24-2)12-6-8-22(9-7-12)14-4-5-14/h10-12,14,17H,3-9H2,1-2H3. The molecule has 3 rings (SSSR count). The molecule has 4 nitrogen and oxygen atoms in total. The molecule has 0 N–H and O–H groups in total. The number of hydrogen-bond acceptors (Lipinski definition) is 4. The van der Waals surface area contributed by atoms with Crippen molar-refractivity contribution in [3.05, 3.63) is 29.1 Å². The van der Waals surface area contributed by atoms with Gasteiger partial charge in [-0.25, -0.2) is 4.39 Å². The van der Waals surface area contributed by atoms with Gasteiger partial charge in [0, 0.05) is 11.6 Å². The summed E-state index contributed by atoms with van der Waals surface area (Å²) < 4.78 is 24.8. The van der Waals surface area contributed by atoms with Crippen LogP contribution in [0.4, 0.5) is 4.39 Å². The van der Waals surface area contributed by atoms with Gasteiger partial charge in [0.05, 0.1) is 13.7 Å². The summed E-state index contributed by atoms with van der Waals surface area (Å²) in [6.07, 6.45) is 4.68. The highest BCUT2D eigenvalue weighted by molar-refractivity contribution is 9.09. The molecular formula is C19H25BrFNO3. The zero-order valence-corrected chi connectivity index (χ0v) is 16.4. The number of piperidine rings is 1. The molecule has 0 bridgehead atoms. The third-order valence-electron chi connectivity index (χ3n) is 5.13. The number of carbonyl (C=O) groups excluding carboxylic acids is 1. The third kappa shape index (κ3) is 4.17. The smallest absolute Gasteiger partial charge is 0.324 e. The molecule has 1 aromatic carbocycles. The van der Waals surface area contributed by atoms with Gasteiger partial charge in [-0.1, -0.05) is 15.9 Å². The molecule has 0 amide bonds. The van der Waals surface area contributed by atoms with Gasteiger partial charge in [0.25, 0.3) is 0 Å². The third-order valence-corrected chi connectivity index (χ3v) is 6.00. The second kappa shape index (κ2) is 8.04. The molecule has 1 aliphatic heterocycles. The summed E-state index contributed by atoms with van der Waals surface area (Å²) in [6, 6.07) is 4.24. The maximum atomic E-state index is 14.6. The first kappa shape index (κ1) is 18.6. The average molecular weight is 414 g/mol. The van der Waals surface area contributed by atoms with Crippen molar-refractivity contribution in [3.8, 4) is 5.75 Å². The largest absolute Gasteiger partial charge is 0.493 e. The molecule has 25 heavy (non-hydrogen) atoms. The molecule has 1 unspecified atom stereocenters. The second-order valence-electron chi connectivity index (χ2n) is 6.78. The number of alkyl halides is 1. The van der Waals surface area contributed by atoms with Gasteiger partial charge >= 0.3 is 5.97 Å². The van der Waals surface area contributed by atoms with Crippen molar-refractivity contribution >= 4 is 21.9 Å². The Kier molecular flexibility index (Phi) is 6.00. The summed E-state index contributed by atoms with van der Waals surface area (Å²) in [6.45, 7) is 4.16. The maximum absolute atomic E-state index is 14.6. The minimum Gasteiger partial charge on any atom is -0.493 e. The minimum atomic E-state index is -0.733. The quantitative estimate of drug-likeness (QED) is 0.517. The van der Waals surface area contributed by atoms with Gasteiger partial charge in [-0.2, -0.15) is 0 Å². The molecule has 138 valence electrons. The van der Waals surface area contributed by atoms with Crippen LogP contribution >= 0.6 is 15.9 Å². The molecule has 0 aromatic heterocycles. The zero-order chi connectivity index (χ0) is 18.0. The van der Waals surface area contributed by atoms with E-state index in [1.165, 1.54) is 20.0 Å². The van der Waals surface area contributed by atoms with Crippen molar-refractivity contribution in [2.24, 2.45) is 0 Å². The van der Waals surface area contributed by atoms with Gasteiger partial charge < -0.3 is 14.4 Å². The predicted octanol–water partition coefficient (Wildman–Crippen LogP) is 4.18.